The summed E-state index contributed by atoms with van der Waals surface area (Å²) in [6.45, 7) is 4.54. The summed E-state index contributed by atoms with van der Waals surface area (Å²) in [6.07, 6.45) is 6.76. The van der Waals surface area contributed by atoms with E-state index in [-0.39, 0.29) is 0 Å². The van der Waals surface area contributed by atoms with Crippen molar-refractivity contribution in [2.75, 3.05) is 0 Å². The normalized spacial score (nSPS) is 15.4. The lowest BCUT2D eigenvalue weighted by Crippen LogP contribution is -2.24. The van der Waals surface area contributed by atoms with Crippen molar-refractivity contribution in [1.29, 1.82) is 0 Å². The molecule has 5 aromatic carbocycles. The molecule has 2 atom stereocenters. The molecule has 0 amide bonds. The highest BCUT2D eigenvalue weighted by molar-refractivity contribution is 8.39. The van der Waals surface area contributed by atoms with Crippen molar-refractivity contribution in [3.63, 3.8) is 0 Å². The van der Waals surface area contributed by atoms with Crippen molar-refractivity contribution in [3.8, 4) is 22.3 Å². The smallest absolute Gasteiger partial charge is 0.00649 e. The summed E-state index contributed by atoms with van der Waals surface area (Å²) < 4.78 is 0. The van der Waals surface area contributed by atoms with Gasteiger partial charge in [0.15, 0.2) is 0 Å². The molecule has 0 bridgehead atoms. The first kappa shape index (κ1) is 27.1. The first-order valence-electron chi connectivity index (χ1n) is 14.6. The highest BCUT2D eigenvalue weighted by Crippen LogP contribution is 2.72. The molecule has 0 unspecified atom stereocenters. The minimum atomic E-state index is -0.572. The van der Waals surface area contributed by atoms with Gasteiger partial charge in [0.25, 0.3) is 0 Å². The summed E-state index contributed by atoms with van der Waals surface area (Å²) in [5.41, 5.74) is 8.70. The van der Waals surface area contributed by atoms with Crippen LogP contribution < -0.4 is 15.9 Å². The van der Waals surface area contributed by atoms with Crippen molar-refractivity contribution >= 4 is 31.1 Å². The van der Waals surface area contributed by atoms with Crippen LogP contribution in [0.1, 0.15) is 43.2 Å². The highest BCUT2D eigenvalue weighted by atomic mass is 32.1. The predicted octanol–water partition coefficient (Wildman–Crippen LogP) is 9.93. The molecule has 199 valence electrons. The molecule has 1 fully saturated rings. The van der Waals surface area contributed by atoms with E-state index >= 15 is 0 Å². The maximum Gasteiger partial charge on any atom is -0.00649 e. The number of rotatable bonds is 7. The monoisotopic (exact) mass is 555 g/mol. The Bertz CT molecular complexity index is 1530. The minimum Gasteiger partial charge on any atom is -0.0622 e. The summed E-state index contributed by atoms with van der Waals surface area (Å²) in [5.74, 6) is 0. The number of benzene rings is 5. The third-order valence-corrected chi connectivity index (χ3v) is 16.6. The van der Waals surface area contributed by atoms with Crippen molar-refractivity contribution < 1.29 is 0 Å². The van der Waals surface area contributed by atoms with E-state index in [1.54, 1.807) is 5.30 Å². The molecule has 5 aromatic rings. The van der Waals surface area contributed by atoms with E-state index in [2.05, 4.69) is 141 Å². The molecule has 0 spiro atoms. The van der Waals surface area contributed by atoms with E-state index in [1.807, 2.05) is 0 Å². The van der Waals surface area contributed by atoms with Crippen LogP contribution >= 0.6 is 15.2 Å². The van der Waals surface area contributed by atoms with Crippen LogP contribution in [0.2, 0.25) is 0 Å². The Morgan fingerprint density at radius 2 is 1.20 bits per heavy atom. The SMILES string of the molecule is Cc1ccc[c]c1-c1c(C)cccc1[P@@](C1CCCCC1)[P@](c1ccccc1)c1ccc(-c2ccccc2)cc1. The molecular formula is C38H37P2. The highest BCUT2D eigenvalue weighted by Gasteiger charge is 2.35. The van der Waals surface area contributed by atoms with Crippen LogP contribution in [-0.4, -0.2) is 5.66 Å². The van der Waals surface area contributed by atoms with Crippen LogP contribution in [0.15, 0.2) is 121 Å². The first-order valence-corrected chi connectivity index (χ1v) is 18.0. The van der Waals surface area contributed by atoms with Gasteiger partial charge in [-0.05, 0) is 103 Å². The predicted molar refractivity (Wildman–Crippen MR) is 178 cm³/mol. The quantitative estimate of drug-likeness (QED) is 0.175. The second-order valence-corrected chi connectivity index (χ2v) is 16.9. The average Bonchev–Trinajstić information content (AvgIpc) is 3.02. The fourth-order valence-corrected chi connectivity index (χ4v) is 15.5. The molecular weight excluding hydrogens is 518 g/mol. The Labute approximate surface area is 242 Å². The molecule has 1 aliphatic rings. The Balaban J connectivity index is 1.55. The topological polar surface area (TPSA) is 0 Å². The van der Waals surface area contributed by atoms with Crippen LogP contribution in [0.25, 0.3) is 22.3 Å². The summed E-state index contributed by atoms with van der Waals surface area (Å²) in [4.78, 5) is 0. The molecule has 0 saturated heterocycles. The van der Waals surface area contributed by atoms with Crippen LogP contribution in [0.5, 0.6) is 0 Å². The Morgan fingerprint density at radius 1 is 0.575 bits per heavy atom. The molecule has 0 heterocycles. The lowest BCUT2D eigenvalue weighted by atomic mass is 9.97. The van der Waals surface area contributed by atoms with Crippen molar-refractivity contribution in [1.82, 2.24) is 0 Å². The van der Waals surface area contributed by atoms with Gasteiger partial charge in [-0.2, -0.15) is 0 Å². The van der Waals surface area contributed by atoms with E-state index in [4.69, 9.17) is 0 Å². The van der Waals surface area contributed by atoms with Gasteiger partial charge in [-0.25, -0.2) is 0 Å². The fourth-order valence-electron chi connectivity index (χ4n) is 6.14. The Kier molecular flexibility index (Phi) is 8.58. The van der Waals surface area contributed by atoms with Crippen LogP contribution in [0.3, 0.4) is 0 Å². The van der Waals surface area contributed by atoms with Crippen LogP contribution in [-0.2, 0) is 0 Å². The fraction of sp³-hybridized carbons (Fsp3) is 0.211. The Morgan fingerprint density at radius 3 is 1.90 bits per heavy atom. The third-order valence-electron chi connectivity index (χ3n) is 8.17. The summed E-state index contributed by atoms with van der Waals surface area (Å²) >= 11 is 0. The van der Waals surface area contributed by atoms with Crippen molar-refractivity contribution in [3.05, 3.63) is 139 Å². The largest absolute Gasteiger partial charge is 0.0622 e. The minimum absolute atomic E-state index is 0.482. The van der Waals surface area contributed by atoms with E-state index in [0.29, 0.717) is 0 Å². The molecule has 0 aliphatic heterocycles. The molecule has 40 heavy (non-hydrogen) atoms. The van der Waals surface area contributed by atoms with Gasteiger partial charge in [0.2, 0.25) is 0 Å². The number of hydrogen-bond donors (Lipinski definition) is 0. The lowest BCUT2D eigenvalue weighted by molar-refractivity contribution is 0.514. The van der Waals surface area contributed by atoms with Gasteiger partial charge in [-0.1, -0.05) is 141 Å². The molecule has 1 aliphatic carbocycles. The van der Waals surface area contributed by atoms with E-state index in [9.17, 15) is 0 Å². The number of aryl methyl sites for hydroxylation is 2. The van der Waals surface area contributed by atoms with Gasteiger partial charge >= 0.3 is 0 Å². The second kappa shape index (κ2) is 12.6. The van der Waals surface area contributed by atoms with Gasteiger partial charge in [-0.15, -0.1) is 0 Å². The lowest BCUT2D eigenvalue weighted by Gasteiger charge is -2.39. The number of hydrogen-bond acceptors (Lipinski definition) is 0. The first-order chi connectivity index (χ1) is 19.7. The average molecular weight is 556 g/mol. The van der Waals surface area contributed by atoms with E-state index in [0.717, 1.165) is 5.66 Å². The van der Waals surface area contributed by atoms with E-state index < -0.39 is 15.2 Å². The zero-order valence-corrected chi connectivity index (χ0v) is 25.3. The maximum absolute atomic E-state index is 3.65. The van der Waals surface area contributed by atoms with Gasteiger partial charge in [0.05, 0.1) is 0 Å². The summed E-state index contributed by atoms with van der Waals surface area (Å²) in [7, 11) is -1.05. The molecule has 0 N–H and O–H groups in total. The van der Waals surface area contributed by atoms with E-state index in [1.165, 1.54) is 76.1 Å². The molecule has 1 saturated carbocycles. The maximum atomic E-state index is 3.65. The van der Waals surface area contributed by atoms with Gasteiger partial charge in [-0.3, -0.25) is 0 Å². The second-order valence-electron chi connectivity index (χ2n) is 10.9. The van der Waals surface area contributed by atoms with Crippen LogP contribution in [0.4, 0.5) is 0 Å². The Hall–Kier alpha value is -3.04. The molecule has 1 radical (unpaired) electrons. The molecule has 6 rings (SSSR count). The zero-order chi connectivity index (χ0) is 27.3. The van der Waals surface area contributed by atoms with Gasteiger partial charge in [0.1, 0.15) is 0 Å². The van der Waals surface area contributed by atoms with Gasteiger partial charge < -0.3 is 0 Å². The summed E-state index contributed by atoms with van der Waals surface area (Å²) in [6, 6.07) is 49.0. The molecule has 0 nitrogen and oxygen atoms in total. The summed E-state index contributed by atoms with van der Waals surface area (Å²) in [5, 5.41) is 4.58. The van der Waals surface area contributed by atoms with Crippen molar-refractivity contribution in [2.45, 2.75) is 51.6 Å². The third kappa shape index (κ3) is 5.72. The van der Waals surface area contributed by atoms with Crippen molar-refractivity contribution in [2.24, 2.45) is 0 Å². The van der Waals surface area contributed by atoms with Crippen LogP contribution in [0, 0.1) is 19.9 Å². The molecule has 2 heteroatoms. The zero-order valence-electron chi connectivity index (χ0n) is 23.6. The van der Waals surface area contributed by atoms with Gasteiger partial charge in [0, 0.05) is 0 Å². The standard InChI is InChI=1S/C38H37P2/c1-29-15-12-13-23-36(29)38-30(2)16-14-24-37(38)40(34-21-10-5-11-22-34)39(33-19-8-4-9-20-33)35-27-25-32(26-28-35)31-17-6-3-7-18-31/h3-4,6-9,12-20,24-28,34H,5,10-11,21-22H2,1-2H3/t39-,40-/m1/s1. The molecule has 0 aromatic heterocycles.